The number of piperidine rings is 1. The lowest BCUT2D eigenvalue weighted by atomic mass is 10.0. The van der Waals surface area contributed by atoms with Gasteiger partial charge in [0.1, 0.15) is 11.4 Å². The number of nitrogens with zero attached hydrogens (tertiary/aromatic N) is 1. The number of carbonyl (C=O) groups excluding carboxylic acids is 1. The van der Waals surface area contributed by atoms with Crippen LogP contribution >= 0.6 is 0 Å². The standard InChI is InChI=1S/C16H26N2O3/c1-12(14-8-6-10-20-14)17-13-7-5-9-18(11-13)15(19)21-16(2,3)4/h6,8,10,12-13,17H,5,7,9,11H2,1-4H3/t12-,13+/m1/s1. The van der Waals surface area contributed by atoms with Gasteiger partial charge in [-0.25, -0.2) is 4.79 Å². The monoisotopic (exact) mass is 294 g/mol. The molecule has 2 heterocycles. The van der Waals surface area contributed by atoms with Crippen LogP contribution in [0.25, 0.3) is 0 Å². The summed E-state index contributed by atoms with van der Waals surface area (Å²) in [5.41, 5.74) is -0.446. The van der Waals surface area contributed by atoms with Crippen LogP contribution in [0.2, 0.25) is 0 Å². The maximum absolute atomic E-state index is 12.1. The molecular formula is C16H26N2O3. The van der Waals surface area contributed by atoms with E-state index in [4.69, 9.17) is 9.15 Å². The van der Waals surface area contributed by atoms with Crippen LogP contribution in [-0.4, -0.2) is 35.7 Å². The molecule has 1 aliphatic heterocycles. The second kappa shape index (κ2) is 6.52. The van der Waals surface area contributed by atoms with Crippen molar-refractivity contribution < 1.29 is 13.9 Å². The molecule has 1 aromatic heterocycles. The van der Waals surface area contributed by atoms with E-state index in [-0.39, 0.29) is 18.2 Å². The number of likely N-dealkylation sites (tertiary alicyclic amines) is 1. The van der Waals surface area contributed by atoms with Crippen LogP contribution in [0.3, 0.4) is 0 Å². The van der Waals surface area contributed by atoms with Crippen LogP contribution in [-0.2, 0) is 4.74 Å². The van der Waals surface area contributed by atoms with Crippen molar-refractivity contribution in [3.63, 3.8) is 0 Å². The molecule has 1 aliphatic rings. The summed E-state index contributed by atoms with van der Waals surface area (Å²) >= 11 is 0. The molecule has 0 aromatic carbocycles. The van der Waals surface area contributed by atoms with Crippen molar-refractivity contribution in [1.82, 2.24) is 10.2 Å². The van der Waals surface area contributed by atoms with Gasteiger partial charge in [0.2, 0.25) is 0 Å². The molecule has 2 atom stereocenters. The topological polar surface area (TPSA) is 54.7 Å². The zero-order valence-corrected chi connectivity index (χ0v) is 13.4. The van der Waals surface area contributed by atoms with Crippen LogP contribution in [0.5, 0.6) is 0 Å². The van der Waals surface area contributed by atoms with E-state index < -0.39 is 5.60 Å². The normalized spacial score (nSPS) is 21.1. The molecule has 0 radical (unpaired) electrons. The predicted octanol–water partition coefficient (Wildman–Crippen LogP) is 3.33. The third-order valence-corrected chi connectivity index (χ3v) is 3.53. The van der Waals surface area contributed by atoms with Crippen molar-refractivity contribution in [2.45, 2.75) is 58.2 Å². The molecule has 1 amide bonds. The van der Waals surface area contributed by atoms with Gasteiger partial charge in [-0.3, -0.25) is 0 Å². The molecule has 0 unspecified atom stereocenters. The van der Waals surface area contributed by atoms with Crippen LogP contribution < -0.4 is 5.32 Å². The number of rotatable bonds is 3. The van der Waals surface area contributed by atoms with E-state index in [1.54, 1.807) is 11.2 Å². The lowest BCUT2D eigenvalue weighted by Crippen LogP contribution is -2.49. The third-order valence-electron chi connectivity index (χ3n) is 3.53. The van der Waals surface area contributed by atoms with Crippen molar-refractivity contribution in [2.75, 3.05) is 13.1 Å². The Morgan fingerprint density at radius 1 is 1.52 bits per heavy atom. The highest BCUT2D eigenvalue weighted by Crippen LogP contribution is 2.19. The number of hydrogen-bond acceptors (Lipinski definition) is 4. The Balaban J connectivity index is 1.87. The lowest BCUT2D eigenvalue weighted by Gasteiger charge is -2.35. The fourth-order valence-electron chi connectivity index (χ4n) is 2.58. The molecule has 0 bridgehead atoms. The molecule has 0 spiro atoms. The molecule has 1 aromatic rings. The number of hydrogen-bond donors (Lipinski definition) is 1. The van der Waals surface area contributed by atoms with Gasteiger partial charge in [-0.1, -0.05) is 0 Å². The highest BCUT2D eigenvalue weighted by atomic mass is 16.6. The molecule has 1 fully saturated rings. The van der Waals surface area contributed by atoms with Crippen LogP contribution in [0.4, 0.5) is 4.79 Å². The highest BCUT2D eigenvalue weighted by molar-refractivity contribution is 5.68. The Morgan fingerprint density at radius 3 is 2.90 bits per heavy atom. The average Bonchev–Trinajstić information content (AvgIpc) is 2.91. The molecule has 118 valence electrons. The molecule has 5 nitrogen and oxygen atoms in total. The lowest BCUT2D eigenvalue weighted by molar-refractivity contribution is 0.0183. The van der Waals surface area contributed by atoms with Crippen molar-refractivity contribution >= 4 is 6.09 Å². The number of carbonyl (C=O) groups is 1. The number of furan rings is 1. The van der Waals surface area contributed by atoms with E-state index in [9.17, 15) is 4.79 Å². The smallest absolute Gasteiger partial charge is 0.410 e. The maximum Gasteiger partial charge on any atom is 0.410 e. The van der Waals surface area contributed by atoms with E-state index >= 15 is 0 Å². The van der Waals surface area contributed by atoms with Gasteiger partial charge in [-0.2, -0.15) is 0 Å². The van der Waals surface area contributed by atoms with Crippen molar-refractivity contribution in [1.29, 1.82) is 0 Å². The summed E-state index contributed by atoms with van der Waals surface area (Å²) in [5, 5.41) is 3.53. The average molecular weight is 294 g/mol. The van der Waals surface area contributed by atoms with Crippen molar-refractivity contribution in [3.8, 4) is 0 Å². The number of nitrogens with one attached hydrogen (secondary N) is 1. The summed E-state index contributed by atoms with van der Waals surface area (Å²) in [5.74, 6) is 0.921. The minimum Gasteiger partial charge on any atom is -0.468 e. The Morgan fingerprint density at radius 2 is 2.29 bits per heavy atom. The molecular weight excluding hydrogens is 268 g/mol. The summed E-state index contributed by atoms with van der Waals surface area (Å²) in [6.45, 7) is 9.20. The predicted molar refractivity (Wildman–Crippen MR) is 81.1 cm³/mol. The van der Waals surface area contributed by atoms with Gasteiger partial charge in [0.15, 0.2) is 0 Å². The van der Waals surface area contributed by atoms with Gasteiger partial charge in [0.05, 0.1) is 12.3 Å². The minimum atomic E-state index is -0.446. The summed E-state index contributed by atoms with van der Waals surface area (Å²) in [6.07, 6.45) is 3.51. The summed E-state index contributed by atoms with van der Waals surface area (Å²) in [6, 6.07) is 4.27. The zero-order chi connectivity index (χ0) is 15.5. The van der Waals surface area contributed by atoms with Crippen LogP contribution in [0.15, 0.2) is 22.8 Å². The summed E-state index contributed by atoms with van der Waals surface area (Å²) in [7, 11) is 0. The van der Waals surface area contributed by atoms with E-state index in [1.807, 2.05) is 32.9 Å². The Kier molecular flexibility index (Phi) is 4.93. The summed E-state index contributed by atoms with van der Waals surface area (Å²) < 4.78 is 10.9. The molecule has 1 N–H and O–H groups in total. The van der Waals surface area contributed by atoms with Crippen molar-refractivity contribution in [3.05, 3.63) is 24.2 Å². The molecule has 2 rings (SSSR count). The van der Waals surface area contributed by atoms with E-state index in [0.717, 1.165) is 25.1 Å². The van der Waals surface area contributed by atoms with Crippen LogP contribution in [0, 0.1) is 0 Å². The van der Waals surface area contributed by atoms with E-state index in [0.29, 0.717) is 6.54 Å². The van der Waals surface area contributed by atoms with E-state index in [1.165, 1.54) is 0 Å². The van der Waals surface area contributed by atoms with Gasteiger partial charge in [0.25, 0.3) is 0 Å². The Hall–Kier alpha value is -1.49. The summed E-state index contributed by atoms with van der Waals surface area (Å²) in [4.78, 5) is 13.9. The fourth-order valence-corrected chi connectivity index (χ4v) is 2.58. The van der Waals surface area contributed by atoms with Crippen molar-refractivity contribution in [2.24, 2.45) is 0 Å². The molecule has 0 saturated carbocycles. The molecule has 21 heavy (non-hydrogen) atoms. The molecule has 5 heteroatoms. The van der Waals surface area contributed by atoms with E-state index in [2.05, 4.69) is 12.2 Å². The Bertz CT molecular complexity index is 451. The van der Waals surface area contributed by atoms with Gasteiger partial charge in [-0.15, -0.1) is 0 Å². The zero-order valence-electron chi connectivity index (χ0n) is 13.4. The second-order valence-corrected chi connectivity index (χ2v) is 6.67. The largest absolute Gasteiger partial charge is 0.468 e. The van der Waals surface area contributed by atoms with Gasteiger partial charge < -0.3 is 19.4 Å². The third kappa shape index (κ3) is 4.77. The second-order valence-electron chi connectivity index (χ2n) is 6.67. The van der Waals surface area contributed by atoms with Gasteiger partial charge in [0, 0.05) is 19.1 Å². The first kappa shape index (κ1) is 15.9. The minimum absolute atomic E-state index is 0.142. The fraction of sp³-hybridized carbons (Fsp3) is 0.688. The number of ether oxygens (including phenoxy) is 1. The quantitative estimate of drug-likeness (QED) is 0.929. The van der Waals surface area contributed by atoms with Crippen LogP contribution in [0.1, 0.15) is 52.3 Å². The highest BCUT2D eigenvalue weighted by Gasteiger charge is 2.28. The Labute approximate surface area is 126 Å². The first-order chi connectivity index (χ1) is 9.85. The first-order valence-electron chi connectivity index (χ1n) is 7.62. The molecule has 1 saturated heterocycles. The SMILES string of the molecule is C[C@@H](N[C@H]1CCCN(C(=O)OC(C)(C)C)C1)c1ccco1. The maximum atomic E-state index is 12.1. The van der Waals surface area contributed by atoms with Gasteiger partial charge in [-0.05, 0) is 52.7 Å². The number of amides is 1. The van der Waals surface area contributed by atoms with Gasteiger partial charge >= 0.3 is 6.09 Å². The first-order valence-corrected chi connectivity index (χ1v) is 7.62. The molecule has 0 aliphatic carbocycles.